The third-order valence-corrected chi connectivity index (χ3v) is 3.52. The van der Waals surface area contributed by atoms with Crippen LogP contribution < -0.4 is 10.5 Å². The molecule has 0 unspecified atom stereocenters. The molecular weight excluding hydrogens is 266 g/mol. The van der Waals surface area contributed by atoms with Gasteiger partial charge in [0.15, 0.2) is 6.61 Å². The topological polar surface area (TPSA) is 58.8 Å². The van der Waals surface area contributed by atoms with E-state index in [-0.39, 0.29) is 12.5 Å². The zero-order chi connectivity index (χ0) is 13.8. The van der Waals surface area contributed by atoms with Gasteiger partial charge in [0, 0.05) is 32.2 Å². The van der Waals surface area contributed by atoms with Crippen LogP contribution in [0.15, 0.2) is 18.2 Å². The van der Waals surface area contributed by atoms with E-state index >= 15 is 0 Å². The van der Waals surface area contributed by atoms with Crippen molar-refractivity contribution in [2.45, 2.75) is 0 Å². The second kappa shape index (κ2) is 6.12. The summed E-state index contributed by atoms with van der Waals surface area (Å²) in [5.41, 5.74) is 6.11. The molecule has 0 spiro atoms. The van der Waals surface area contributed by atoms with Gasteiger partial charge in [-0.25, -0.2) is 0 Å². The number of carbonyl (C=O) groups is 1. The monoisotopic (exact) mass is 283 g/mol. The van der Waals surface area contributed by atoms with Crippen molar-refractivity contribution in [1.29, 1.82) is 0 Å². The summed E-state index contributed by atoms with van der Waals surface area (Å²) in [6.45, 7) is 3.34. The number of halogens is 1. The lowest BCUT2D eigenvalue weighted by Crippen LogP contribution is -2.48. The summed E-state index contributed by atoms with van der Waals surface area (Å²) in [6.07, 6.45) is 0. The highest BCUT2D eigenvalue weighted by Crippen LogP contribution is 2.24. The normalized spacial score (nSPS) is 16.4. The predicted octanol–water partition coefficient (Wildman–Crippen LogP) is 1.07. The molecule has 5 nitrogen and oxygen atoms in total. The highest BCUT2D eigenvalue weighted by atomic mass is 35.5. The standard InChI is InChI=1S/C13H18ClN3O2/c1-16-4-6-17(7-5-16)13(18)9-19-10-2-3-12(15)11(14)8-10/h2-3,8H,4-7,9,15H2,1H3. The number of piperazine rings is 1. The van der Waals surface area contributed by atoms with Crippen LogP contribution in [0.3, 0.4) is 0 Å². The largest absolute Gasteiger partial charge is 0.484 e. The Labute approximate surface area is 117 Å². The van der Waals surface area contributed by atoms with Crippen molar-refractivity contribution < 1.29 is 9.53 Å². The third-order valence-electron chi connectivity index (χ3n) is 3.19. The summed E-state index contributed by atoms with van der Waals surface area (Å²) >= 11 is 5.89. The molecule has 0 saturated carbocycles. The predicted molar refractivity (Wildman–Crippen MR) is 75.4 cm³/mol. The Balaban J connectivity index is 1.84. The van der Waals surface area contributed by atoms with Gasteiger partial charge in [-0.15, -0.1) is 0 Å². The average molecular weight is 284 g/mol. The van der Waals surface area contributed by atoms with E-state index in [0.717, 1.165) is 26.2 Å². The van der Waals surface area contributed by atoms with Crippen LogP contribution in [0.4, 0.5) is 5.69 Å². The number of nitrogens with zero attached hydrogens (tertiary/aromatic N) is 2. The number of ether oxygens (including phenoxy) is 1. The van der Waals surface area contributed by atoms with Gasteiger partial charge in [-0.1, -0.05) is 11.6 Å². The molecule has 1 amide bonds. The van der Waals surface area contributed by atoms with Crippen molar-refractivity contribution in [3.8, 4) is 5.75 Å². The van der Waals surface area contributed by atoms with Crippen molar-refractivity contribution in [3.63, 3.8) is 0 Å². The highest BCUT2D eigenvalue weighted by Gasteiger charge is 2.19. The number of nitrogens with two attached hydrogens (primary N) is 1. The molecule has 6 heteroatoms. The summed E-state index contributed by atoms with van der Waals surface area (Å²) in [4.78, 5) is 16.0. The van der Waals surface area contributed by atoms with Crippen LogP contribution in [0.2, 0.25) is 5.02 Å². The second-order valence-corrected chi connectivity index (χ2v) is 5.06. The van der Waals surface area contributed by atoms with Crippen LogP contribution in [0.5, 0.6) is 5.75 Å². The Morgan fingerprint density at radius 3 is 2.68 bits per heavy atom. The van der Waals surface area contributed by atoms with E-state index in [1.165, 1.54) is 0 Å². The first kappa shape index (κ1) is 14.0. The molecule has 1 fully saturated rings. The van der Waals surface area contributed by atoms with E-state index in [9.17, 15) is 4.79 Å². The number of rotatable bonds is 3. The Morgan fingerprint density at radius 1 is 1.37 bits per heavy atom. The maximum atomic E-state index is 12.0. The summed E-state index contributed by atoms with van der Waals surface area (Å²) < 4.78 is 5.44. The maximum absolute atomic E-state index is 12.0. The first-order valence-corrected chi connectivity index (χ1v) is 6.58. The van der Waals surface area contributed by atoms with Gasteiger partial charge in [0.2, 0.25) is 0 Å². The van der Waals surface area contributed by atoms with E-state index in [1.54, 1.807) is 18.2 Å². The molecule has 0 atom stereocenters. The van der Waals surface area contributed by atoms with Crippen molar-refractivity contribution in [3.05, 3.63) is 23.2 Å². The van der Waals surface area contributed by atoms with Crippen LogP contribution in [0.1, 0.15) is 0 Å². The maximum Gasteiger partial charge on any atom is 0.260 e. The molecular formula is C13H18ClN3O2. The third kappa shape index (κ3) is 3.75. The number of hydrogen-bond donors (Lipinski definition) is 1. The smallest absolute Gasteiger partial charge is 0.260 e. The first-order chi connectivity index (χ1) is 9.06. The van der Waals surface area contributed by atoms with Gasteiger partial charge in [0.05, 0.1) is 10.7 Å². The van der Waals surface area contributed by atoms with Crippen molar-refractivity contribution in [1.82, 2.24) is 9.80 Å². The SMILES string of the molecule is CN1CCN(C(=O)COc2ccc(N)c(Cl)c2)CC1. The zero-order valence-electron chi connectivity index (χ0n) is 10.9. The number of anilines is 1. The lowest BCUT2D eigenvalue weighted by atomic mass is 10.3. The Bertz CT molecular complexity index is 459. The fourth-order valence-corrected chi connectivity index (χ4v) is 2.06. The average Bonchev–Trinajstić information content (AvgIpc) is 2.40. The van der Waals surface area contributed by atoms with E-state index in [0.29, 0.717) is 16.5 Å². The van der Waals surface area contributed by atoms with Crippen molar-refractivity contribution in [2.24, 2.45) is 0 Å². The summed E-state index contributed by atoms with van der Waals surface area (Å²) in [5.74, 6) is 0.558. The molecule has 2 N–H and O–H groups in total. The number of hydrogen-bond acceptors (Lipinski definition) is 4. The van der Waals surface area contributed by atoms with Gasteiger partial charge in [0.25, 0.3) is 5.91 Å². The minimum absolute atomic E-state index is 0.000970. The Kier molecular flexibility index (Phi) is 4.50. The summed E-state index contributed by atoms with van der Waals surface area (Å²) in [7, 11) is 2.05. The van der Waals surface area contributed by atoms with Gasteiger partial charge < -0.3 is 20.3 Å². The Morgan fingerprint density at radius 2 is 2.05 bits per heavy atom. The molecule has 2 rings (SSSR count). The molecule has 0 bridgehead atoms. The van der Waals surface area contributed by atoms with Crippen LogP contribution in [-0.4, -0.2) is 55.5 Å². The van der Waals surface area contributed by atoms with Gasteiger partial charge in [0.1, 0.15) is 5.75 Å². The molecule has 1 aliphatic rings. The fourth-order valence-electron chi connectivity index (χ4n) is 1.89. The van der Waals surface area contributed by atoms with Crippen molar-refractivity contribution >= 4 is 23.2 Å². The number of carbonyl (C=O) groups excluding carboxylic acids is 1. The zero-order valence-corrected chi connectivity index (χ0v) is 11.7. The number of amides is 1. The summed E-state index contributed by atoms with van der Waals surface area (Å²) in [5, 5.41) is 0.435. The minimum Gasteiger partial charge on any atom is -0.484 e. The van der Waals surface area contributed by atoms with Gasteiger partial charge in [-0.2, -0.15) is 0 Å². The number of likely N-dealkylation sites (N-methyl/N-ethyl adjacent to an activating group) is 1. The van der Waals surface area contributed by atoms with E-state index in [4.69, 9.17) is 22.1 Å². The number of nitrogen functional groups attached to an aromatic ring is 1. The van der Waals surface area contributed by atoms with Crippen LogP contribution in [-0.2, 0) is 4.79 Å². The van der Waals surface area contributed by atoms with Crippen LogP contribution in [0.25, 0.3) is 0 Å². The van der Waals surface area contributed by atoms with Gasteiger partial charge >= 0.3 is 0 Å². The van der Waals surface area contributed by atoms with Gasteiger partial charge in [-0.05, 0) is 19.2 Å². The molecule has 0 aliphatic carbocycles. The molecule has 0 radical (unpaired) electrons. The minimum atomic E-state index is 0.000970. The Hall–Kier alpha value is -1.46. The molecule has 1 aromatic carbocycles. The molecule has 0 aromatic heterocycles. The highest BCUT2D eigenvalue weighted by molar-refractivity contribution is 6.33. The molecule has 1 heterocycles. The second-order valence-electron chi connectivity index (χ2n) is 4.66. The van der Waals surface area contributed by atoms with Crippen LogP contribution >= 0.6 is 11.6 Å². The van der Waals surface area contributed by atoms with Crippen molar-refractivity contribution in [2.75, 3.05) is 45.6 Å². The van der Waals surface area contributed by atoms with E-state index < -0.39 is 0 Å². The quantitative estimate of drug-likeness (QED) is 0.843. The van der Waals surface area contributed by atoms with Gasteiger partial charge in [-0.3, -0.25) is 4.79 Å². The molecule has 1 saturated heterocycles. The summed E-state index contributed by atoms with van der Waals surface area (Å²) in [6, 6.07) is 4.99. The molecule has 104 valence electrons. The lowest BCUT2D eigenvalue weighted by Gasteiger charge is -2.32. The number of benzene rings is 1. The van der Waals surface area contributed by atoms with E-state index in [2.05, 4.69) is 11.9 Å². The fraction of sp³-hybridized carbons (Fsp3) is 0.462. The molecule has 19 heavy (non-hydrogen) atoms. The molecule has 1 aliphatic heterocycles. The lowest BCUT2D eigenvalue weighted by molar-refractivity contribution is -0.134. The van der Waals surface area contributed by atoms with E-state index in [1.807, 2.05) is 4.90 Å². The van der Waals surface area contributed by atoms with Crippen LogP contribution in [0, 0.1) is 0 Å². The first-order valence-electron chi connectivity index (χ1n) is 6.20. The molecule has 1 aromatic rings.